The maximum atomic E-state index is 11.6. The Morgan fingerprint density at radius 1 is 0.958 bits per heavy atom. The molecule has 0 saturated heterocycles. The van der Waals surface area contributed by atoms with E-state index in [4.69, 9.17) is 14.7 Å². The van der Waals surface area contributed by atoms with E-state index in [0.29, 0.717) is 17.9 Å². The van der Waals surface area contributed by atoms with Crippen LogP contribution in [0.25, 0.3) is 11.1 Å². The zero-order valence-corrected chi connectivity index (χ0v) is 13.8. The largest absolute Gasteiger partial charge is 0.513 e. The minimum atomic E-state index is -0.669. The molecule has 24 heavy (non-hydrogen) atoms. The van der Waals surface area contributed by atoms with Crippen LogP contribution in [0.15, 0.2) is 48.5 Å². The van der Waals surface area contributed by atoms with Crippen LogP contribution in [0.4, 0.5) is 4.79 Å². The predicted octanol–water partition coefficient (Wildman–Crippen LogP) is 5.32. The molecule has 0 amide bonds. The van der Waals surface area contributed by atoms with E-state index in [-0.39, 0.29) is 0 Å². The van der Waals surface area contributed by atoms with E-state index in [1.54, 1.807) is 24.3 Å². The highest BCUT2D eigenvalue weighted by Crippen LogP contribution is 2.23. The normalized spacial score (nSPS) is 10.0. The van der Waals surface area contributed by atoms with Gasteiger partial charge in [-0.15, -0.1) is 0 Å². The van der Waals surface area contributed by atoms with Crippen molar-refractivity contribution in [2.45, 2.75) is 32.6 Å². The van der Waals surface area contributed by atoms with Gasteiger partial charge in [-0.05, 0) is 41.8 Å². The second-order valence-electron chi connectivity index (χ2n) is 5.47. The number of nitrogens with zero attached hydrogens (tertiary/aromatic N) is 1. The van der Waals surface area contributed by atoms with E-state index in [1.807, 2.05) is 24.3 Å². The molecular formula is C20H21NO3. The molecule has 2 aromatic rings. The molecule has 0 fully saturated rings. The lowest BCUT2D eigenvalue weighted by molar-refractivity contribution is 0.0973. The maximum Gasteiger partial charge on any atom is 0.513 e. The van der Waals surface area contributed by atoms with Gasteiger partial charge < -0.3 is 9.47 Å². The smallest absolute Gasteiger partial charge is 0.434 e. The van der Waals surface area contributed by atoms with Gasteiger partial charge in [-0.3, -0.25) is 0 Å². The number of carbonyl (C=O) groups excluding carboxylic acids is 1. The third-order valence-corrected chi connectivity index (χ3v) is 3.62. The first kappa shape index (κ1) is 17.6. The summed E-state index contributed by atoms with van der Waals surface area (Å²) < 4.78 is 10.2. The highest BCUT2D eigenvalue weighted by Gasteiger charge is 2.06. The second-order valence-corrected chi connectivity index (χ2v) is 5.47. The first-order valence-electron chi connectivity index (χ1n) is 8.18. The maximum absolute atomic E-state index is 11.6. The van der Waals surface area contributed by atoms with Crippen molar-refractivity contribution in [3.63, 3.8) is 0 Å². The summed E-state index contributed by atoms with van der Waals surface area (Å²) in [5.41, 5.74) is 2.61. The van der Waals surface area contributed by atoms with Gasteiger partial charge in [0.15, 0.2) is 0 Å². The Hall–Kier alpha value is -2.80. The van der Waals surface area contributed by atoms with Crippen LogP contribution in [0.3, 0.4) is 0 Å². The highest BCUT2D eigenvalue weighted by molar-refractivity contribution is 5.67. The molecule has 0 radical (unpaired) electrons. The summed E-state index contributed by atoms with van der Waals surface area (Å²) >= 11 is 0. The fourth-order valence-electron chi connectivity index (χ4n) is 2.26. The first-order valence-corrected chi connectivity index (χ1v) is 8.18. The zero-order chi connectivity index (χ0) is 17.2. The van der Waals surface area contributed by atoms with Crippen LogP contribution >= 0.6 is 0 Å². The van der Waals surface area contributed by atoms with Gasteiger partial charge in [0.2, 0.25) is 0 Å². The van der Waals surface area contributed by atoms with Gasteiger partial charge in [0, 0.05) is 0 Å². The number of rotatable bonds is 7. The van der Waals surface area contributed by atoms with Crippen LogP contribution < -0.4 is 4.74 Å². The Morgan fingerprint density at radius 2 is 1.58 bits per heavy atom. The van der Waals surface area contributed by atoms with Crippen molar-refractivity contribution in [3.8, 4) is 22.9 Å². The standard InChI is InChI=1S/C20H21NO3/c1-2-3-4-5-14-23-20(22)24-19-12-10-18(11-13-19)17-8-6-16(15-21)7-9-17/h6-13H,2-5,14H2,1H3. The lowest BCUT2D eigenvalue weighted by Crippen LogP contribution is -2.11. The number of unbranched alkanes of at least 4 members (excludes halogenated alkanes) is 3. The SMILES string of the molecule is CCCCCCOC(=O)Oc1ccc(-c2ccc(C#N)cc2)cc1. The molecule has 2 rings (SSSR count). The van der Waals surface area contributed by atoms with Crippen LogP contribution in [0.5, 0.6) is 5.75 Å². The number of ether oxygens (including phenoxy) is 2. The Bertz CT molecular complexity index is 684. The van der Waals surface area contributed by atoms with Crippen molar-refractivity contribution in [1.82, 2.24) is 0 Å². The fraction of sp³-hybridized carbons (Fsp3) is 0.300. The molecule has 0 heterocycles. The molecule has 0 aromatic heterocycles. The average Bonchev–Trinajstić information content (AvgIpc) is 2.62. The Labute approximate surface area is 142 Å². The summed E-state index contributed by atoms with van der Waals surface area (Å²) in [6, 6.07) is 16.6. The predicted molar refractivity (Wildman–Crippen MR) is 92.7 cm³/mol. The molecule has 4 nitrogen and oxygen atoms in total. The van der Waals surface area contributed by atoms with Crippen LogP contribution in [-0.4, -0.2) is 12.8 Å². The summed E-state index contributed by atoms with van der Waals surface area (Å²) in [4.78, 5) is 11.6. The summed E-state index contributed by atoms with van der Waals surface area (Å²) in [5.74, 6) is 0.450. The minimum absolute atomic E-state index is 0.391. The van der Waals surface area contributed by atoms with Gasteiger partial charge in [-0.1, -0.05) is 50.5 Å². The van der Waals surface area contributed by atoms with Crippen LogP contribution in [-0.2, 0) is 4.74 Å². The molecule has 4 heteroatoms. The van der Waals surface area contributed by atoms with Crippen LogP contribution in [0, 0.1) is 11.3 Å². The summed E-state index contributed by atoms with van der Waals surface area (Å²) in [6.45, 7) is 2.53. The Balaban J connectivity index is 1.85. The summed E-state index contributed by atoms with van der Waals surface area (Å²) in [6.07, 6.45) is 3.55. The topological polar surface area (TPSA) is 59.3 Å². The van der Waals surface area contributed by atoms with Gasteiger partial charge >= 0.3 is 6.16 Å². The van der Waals surface area contributed by atoms with Gasteiger partial charge in [-0.25, -0.2) is 4.79 Å². The van der Waals surface area contributed by atoms with Crippen molar-refractivity contribution >= 4 is 6.16 Å². The number of carbonyl (C=O) groups is 1. The first-order chi connectivity index (χ1) is 11.7. The van der Waals surface area contributed by atoms with Crippen molar-refractivity contribution in [1.29, 1.82) is 5.26 Å². The molecule has 0 aliphatic heterocycles. The van der Waals surface area contributed by atoms with E-state index in [9.17, 15) is 4.79 Å². The molecule has 0 aliphatic carbocycles. The van der Waals surface area contributed by atoms with Crippen molar-refractivity contribution in [2.24, 2.45) is 0 Å². The van der Waals surface area contributed by atoms with E-state index in [1.165, 1.54) is 0 Å². The fourth-order valence-corrected chi connectivity index (χ4v) is 2.26. The van der Waals surface area contributed by atoms with Gasteiger partial charge in [0.25, 0.3) is 0 Å². The molecule has 0 bridgehead atoms. The number of benzene rings is 2. The third-order valence-electron chi connectivity index (χ3n) is 3.62. The van der Waals surface area contributed by atoms with E-state index in [2.05, 4.69) is 13.0 Å². The molecule has 124 valence electrons. The lowest BCUT2D eigenvalue weighted by atomic mass is 10.0. The molecule has 0 unspecified atom stereocenters. The number of hydrogen-bond donors (Lipinski definition) is 0. The van der Waals surface area contributed by atoms with Gasteiger partial charge in [0.1, 0.15) is 5.75 Å². The van der Waals surface area contributed by atoms with Gasteiger partial charge in [0.05, 0.1) is 18.2 Å². The quantitative estimate of drug-likeness (QED) is 0.393. The minimum Gasteiger partial charge on any atom is -0.434 e. The Kier molecular flexibility index (Phi) is 6.85. The van der Waals surface area contributed by atoms with E-state index < -0.39 is 6.16 Å². The second kappa shape index (κ2) is 9.36. The summed E-state index contributed by atoms with van der Waals surface area (Å²) in [7, 11) is 0. The Morgan fingerprint density at radius 3 is 2.17 bits per heavy atom. The molecule has 0 spiro atoms. The number of hydrogen-bond acceptors (Lipinski definition) is 4. The van der Waals surface area contributed by atoms with E-state index in [0.717, 1.165) is 36.8 Å². The van der Waals surface area contributed by atoms with Crippen molar-refractivity contribution in [2.75, 3.05) is 6.61 Å². The van der Waals surface area contributed by atoms with E-state index >= 15 is 0 Å². The summed E-state index contributed by atoms with van der Waals surface area (Å²) in [5, 5.41) is 8.81. The molecule has 0 saturated carbocycles. The monoisotopic (exact) mass is 323 g/mol. The van der Waals surface area contributed by atoms with Crippen molar-refractivity contribution < 1.29 is 14.3 Å². The molecule has 0 atom stereocenters. The molecule has 2 aromatic carbocycles. The molecular weight excluding hydrogens is 302 g/mol. The highest BCUT2D eigenvalue weighted by atomic mass is 16.7. The molecule has 0 aliphatic rings. The third kappa shape index (κ3) is 5.44. The van der Waals surface area contributed by atoms with Crippen LogP contribution in [0.1, 0.15) is 38.2 Å². The van der Waals surface area contributed by atoms with Crippen molar-refractivity contribution in [3.05, 3.63) is 54.1 Å². The average molecular weight is 323 g/mol. The van der Waals surface area contributed by atoms with Gasteiger partial charge in [-0.2, -0.15) is 5.26 Å². The lowest BCUT2D eigenvalue weighted by Gasteiger charge is -2.07. The zero-order valence-electron chi connectivity index (χ0n) is 13.8. The number of nitriles is 1. The van der Waals surface area contributed by atoms with Crippen LogP contribution in [0.2, 0.25) is 0 Å². The molecule has 0 N–H and O–H groups in total.